The zero-order valence-corrected chi connectivity index (χ0v) is 13.7. The summed E-state index contributed by atoms with van der Waals surface area (Å²) in [5, 5.41) is 9.35. The topological polar surface area (TPSA) is 90.7 Å². The Hall–Kier alpha value is -3.35. The van der Waals surface area contributed by atoms with Crippen molar-refractivity contribution in [3.63, 3.8) is 0 Å². The molecule has 128 valence electrons. The summed E-state index contributed by atoms with van der Waals surface area (Å²) < 4.78 is 11.9. The first-order valence-corrected chi connectivity index (χ1v) is 7.47. The van der Waals surface area contributed by atoms with Crippen molar-refractivity contribution < 1.29 is 19.4 Å². The van der Waals surface area contributed by atoms with Gasteiger partial charge in [0.15, 0.2) is 11.5 Å². The molecule has 25 heavy (non-hydrogen) atoms. The number of nitrogens with zero attached hydrogens (tertiary/aromatic N) is 2. The second kappa shape index (κ2) is 6.64. The van der Waals surface area contributed by atoms with E-state index in [1.54, 1.807) is 24.3 Å². The molecule has 1 aromatic heterocycles. The van der Waals surface area contributed by atoms with Crippen LogP contribution in [-0.2, 0) is 6.54 Å². The number of hydrogen-bond donors (Lipinski definition) is 1. The smallest absolute Gasteiger partial charge is 0.335 e. The molecule has 0 aliphatic rings. The van der Waals surface area contributed by atoms with Crippen LogP contribution < -0.4 is 15.0 Å². The van der Waals surface area contributed by atoms with E-state index in [0.717, 1.165) is 5.56 Å². The van der Waals surface area contributed by atoms with Crippen LogP contribution in [-0.4, -0.2) is 34.8 Å². The van der Waals surface area contributed by atoms with Gasteiger partial charge in [0.25, 0.3) is 5.56 Å². The van der Waals surface area contributed by atoms with E-state index >= 15 is 0 Å². The molecule has 7 heteroatoms. The molecule has 1 N–H and O–H groups in total. The van der Waals surface area contributed by atoms with Crippen LogP contribution in [0.5, 0.6) is 11.5 Å². The Morgan fingerprint density at radius 2 is 1.76 bits per heavy atom. The lowest BCUT2D eigenvalue weighted by atomic mass is 10.1. The standard InChI is InChI=1S/C18H16N2O5/c1-24-15-7-13-14(8-16(15)25-2)19-10-20(17(13)21)9-11-3-5-12(6-4-11)18(22)23/h3-8,10H,9H2,1-2H3,(H,22,23). The van der Waals surface area contributed by atoms with E-state index < -0.39 is 5.97 Å². The van der Waals surface area contributed by atoms with Crippen LogP contribution in [0.25, 0.3) is 10.9 Å². The van der Waals surface area contributed by atoms with Crippen molar-refractivity contribution in [3.05, 3.63) is 64.2 Å². The van der Waals surface area contributed by atoms with Crippen molar-refractivity contribution >= 4 is 16.9 Å². The lowest BCUT2D eigenvalue weighted by Crippen LogP contribution is -2.21. The highest BCUT2D eigenvalue weighted by atomic mass is 16.5. The second-order valence-electron chi connectivity index (χ2n) is 5.40. The number of carboxylic acid groups (broad SMARTS) is 1. The molecule has 0 bridgehead atoms. The summed E-state index contributed by atoms with van der Waals surface area (Å²) in [5.74, 6) is -0.0292. The molecule has 0 fully saturated rings. The Kier molecular flexibility index (Phi) is 4.38. The quantitative estimate of drug-likeness (QED) is 0.765. The Labute approximate surface area is 143 Å². The van der Waals surface area contributed by atoms with Crippen LogP contribution in [0, 0.1) is 0 Å². The molecule has 0 aliphatic heterocycles. The number of hydrogen-bond acceptors (Lipinski definition) is 5. The molecular formula is C18H16N2O5. The van der Waals surface area contributed by atoms with Crippen molar-refractivity contribution in [2.75, 3.05) is 14.2 Å². The monoisotopic (exact) mass is 340 g/mol. The zero-order valence-electron chi connectivity index (χ0n) is 13.7. The minimum Gasteiger partial charge on any atom is -0.493 e. The number of methoxy groups -OCH3 is 2. The van der Waals surface area contributed by atoms with E-state index in [1.807, 2.05) is 0 Å². The zero-order chi connectivity index (χ0) is 18.0. The van der Waals surface area contributed by atoms with E-state index in [1.165, 1.54) is 37.2 Å². The van der Waals surface area contributed by atoms with E-state index in [4.69, 9.17) is 14.6 Å². The minimum absolute atomic E-state index is 0.199. The van der Waals surface area contributed by atoms with Gasteiger partial charge in [-0.25, -0.2) is 9.78 Å². The maximum atomic E-state index is 12.7. The molecule has 2 aromatic carbocycles. The van der Waals surface area contributed by atoms with Gasteiger partial charge in [-0.2, -0.15) is 0 Å². The van der Waals surface area contributed by atoms with Gasteiger partial charge in [0, 0.05) is 6.07 Å². The number of carbonyl (C=O) groups is 1. The summed E-state index contributed by atoms with van der Waals surface area (Å²) in [6, 6.07) is 9.62. The van der Waals surface area contributed by atoms with Crippen molar-refractivity contribution in [2.24, 2.45) is 0 Å². The Balaban J connectivity index is 2.01. The van der Waals surface area contributed by atoms with Crippen LogP contribution in [0.4, 0.5) is 0 Å². The Morgan fingerprint density at radius 3 is 2.36 bits per heavy atom. The van der Waals surface area contributed by atoms with E-state index in [0.29, 0.717) is 22.4 Å². The normalized spacial score (nSPS) is 10.6. The molecule has 1 heterocycles. The Morgan fingerprint density at radius 1 is 1.12 bits per heavy atom. The molecular weight excluding hydrogens is 324 g/mol. The molecule has 0 spiro atoms. The van der Waals surface area contributed by atoms with Crippen LogP contribution >= 0.6 is 0 Å². The summed E-state index contributed by atoms with van der Waals surface area (Å²) in [7, 11) is 3.02. The maximum Gasteiger partial charge on any atom is 0.335 e. The highest BCUT2D eigenvalue weighted by molar-refractivity contribution is 5.87. The van der Waals surface area contributed by atoms with Gasteiger partial charge in [-0.3, -0.25) is 9.36 Å². The lowest BCUT2D eigenvalue weighted by molar-refractivity contribution is 0.0697. The maximum absolute atomic E-state index is 12.7. The van der Waals surface area contributed by atoms with Crippen molar-refractivity contribution in [3.8, 4) is 11.5 Å². The third-order valence-electron chi connectivity index (χ3n) is 3.88. The molecule has 0 saturated heterocycles. The van der Waals surface area contributed by atoms with E-state index in [-0.39, 0.29) is 17.7 Å². The number of ether oxygens (including phenoxy) is 2. The van der Waals surface area contributed by atoms with E-state index in [9.17, 15) is 9.59 Å². The van der Waals surface area contributed by atoms with Gasteiger partial charge in [-0.05, 0) is 23.8 Å². The summed E-state index contributed by atoms with van der Waals surface area (Å²) in [6.45, 7) is 0.288. The molecule has 0 amide bonds. The molecule has 0 saturated carbocycles. The van der Waals surface area contributed by atoms with Gasteiger partial charge in [0.1, 0.15) is 0 Å². The van der Waals surface area contributed by atoms with Crippen LogP contribution in [0.1, 0.15) is 15.9 Å². The first kappa shape index (κ1) is 16.5. The lowest BCUT2D eigenvalue weighted by Gasteiger charge is -2.10. The van der Waals surface area contributed by atoms with Gasteiger partial charge in [-0.15, -0.1) is 0 Å². The predicted molar refractivity (Wildman–Crippen MR) is 91.6 cm³/mol. The summed E-state index contributed by atoms with van der Waals surface area (Å²) in [4.78, 5) is 27.9. The molecule has 3 rings (SSSR count). The third-order valence-corrected chi connectivity index (χ3v) is 3.88. The first-order chi connectivity index (χ1) is 12.0. The summed E-state index contributed by atoms with van der Waals surface area (Å²) in [5.41, 5.74) is 1.30. The molecule has 3 aromatic rings. The van der Waals surface area contributed by atoms with Crippen molar-refractivity contribution in [2.45, 2.75) is 6.54 Å². The molecule has 0 unspecified atom stereocenters. The van der Waals surface area contributed by atoms with Gasteiger partial charge in [0.2, 0.25) is 0 Å². The summed E-state index contributed by atoms with van der Waals surface area (Å²) >= 11 is 0. The first-order valence-electron chi connectivity index (χ1n) is 7.47. The molecule has 0 atom stereocenters. The molecule has 0 aliphatic carbocycles. The van der Waals surface area contributed by atoms with Crippen LogP contribution in [0.3, 0.4) is 0 Å². The number of aromatic nitrogens is 2. The minimum atomic E-state index is -0.989. The highest BCUT2D eigenvalue weighted by Crippen LogP contribution is 2.29. The van der Waals surface area contributed by atoms with Crippen molar-refractivity contribution in [1.29, 1.82) is 0 Å². The number of carboxylic acids is 1. The van der Waals surface area contributed by atoms with Crippen LogP contribution in [0.2, 0.25) is 0 Å². The fourth-order valence-corrected chi connectivity index (χ4v) is 2.55. The summed E-state index contributed by atoms with van der Waals surface area (Å²) in [6.07, 6.45) is 1.46. The predicted octanol–water partition coefficient (Wildman–Crippen LogP) is 2.16. The van der Waals surface area contributed by atoms with Crippen LogP contribution in [0.15, 0.2) is 47.5 Å². The van der Waals surface area contributed by atoms with Gasteiger partial charge in [-0.1, -0.05) is 12.1 Å². The van der Waals surface area contributed by atoms with Gasteiger partial charge in [0.05, 0.1) is 43.6 Å². The van der Waals surface area contributed by atoms with E-state index in [2.05, 4.69) is 4.98 Å². The largest absolute Gasteiger partial charge is 0.493 e. The van der Waals surface area contributed by atoms with Gasteiger partial charge < -0.3 is 14.6 Å². The fourth-order valence-electron chi connectivity index (χ4n) is 2.55. The highest BCUT2D eigenvalue weighted by Gasteiger charge is 2.11. The molecule has 0 radical (unpaired) electrons. The fraction of sp³-hybridized carbons (Fsp3) is 0.167. The number of benzene rings is 2. The Bertz CT molecular complexity index is 993. The number of aromatic carboxylic acids is 1. The second-order valence-corrected chi connectivity index (χ2v) is 5.40. The van der Waals surface area contributed by atoms with Gasteiger partial charge >= 0.3 is 5.97 Å². The number of fused-ring (bicyclic) bond motifs is 1. The SMILES string of the molecule is COc1cc2ncn(Cc3ccc(C(=O)O)cc3)c(=O)c2cc1OC. The average molecular weight is 340 g/mol. The molecule has 7 nitrogen and oxygen atoms in total. The average Bonchev–Trinajstić information content (AvgIpc) is 2.63. The third kappa shape index (κ3) is 3.16. The number of rotatable bonds is 5. The van der Waals surface area contributed by atoms with Crippen molar-refractivity contribution in [1.82, 2.24) is 9.55 Å².